The summed E-state index contributed by atoms with van der Waals surface area (Å²) in [6.45, 7) is 8.62. The standard InChI is InChI=1S/C21H24N2O3S/c1-6-23-17-8-7-14(10-19(17)27-21(23)25)22-20(24)16-11-15(12(2)3)18(26-5)9-13(16)4/h7-12H,6H2,1-5H3,(H,22,24). The van der Waals surface area contributed by atoms with E-state index in [4.69, 9.17) is 4.74 Å². The van der Waals surface area contributed by atoms with E-state index in [-0.39, 0.29) is 16.7 Å². The molecule has 0 spiro atoms. The summed E-state index contributed by atoms with van der Waals surface area (Å²) in [4.78, 5) is 24.9. The quantitative estimate of drug-likeness (QED) is 0.689. The number of benzene rings is 2. The van der Waals surface area contributed by atoms with E-state index >= 15 is 0 Å². The van der Waals surface area contributed by atoms with E-state index in [9.17, 15) is 9.59 Å². The molecule has 6 heteroatoms. The molecule has 0 aliphatic rings. The number of aryl methyl sites for hydroxylation is 2. The molecule has 1 amide bonds. The summed E-state index contributed by atoms with van der Waals surface area (Å²) in [5.41, 5.74) is 4.06. The highest BCUT2D eigenvalue weighted by molar-refractivity contribution is 7.16. The van der Waals surface area contributed by atoms with Crippen molar-refractivity contribution in [2.45, 2.75) is 40.2 Å². The molecule has 27 heavy (non-hydrogen) atoms. The van der Waals surface area contributed by atoms with Crippen molar-refractivity contribution in [3.63, 3.8) is 0 Å². The van der Waals surface area contributed by atoms with Gasteiger partial charge in [0.1, 0.15) is 5.75 Å². The molecule has 0 radical (unpaired) electrons. The normalized spacial score (nSPS) is 11.2. The Balaban J connectivity index is 1.94. The monoisotopic (exact) mass is 384 g/mol. The SMILES string of the molecule is CCn1c(=O)sc2cc(NC(=O)c3cc(C(C)C)c(OC)cc3C)ccc21. The van der Waals surface area contributed by atoms with Crippen LogP contribution < -0.4 is 14.9 Å². The average molecular weight is 385 g/mol. The number of anilines is 1. The van der Waals surface area contributed by atoms with Crippen LogP contribution in [0.4, 0.5) is 5.69 Å². The summed E-state index contributed by atoms with van der Waals surface area (Å²) in [5, 5.41) is 2.96. The lowest BCUT2D eigenvalue weighted by Crippen LogP contribution is -2.14. The average Bonchev–Trinajstić information content (AvgIpc) is 2.94. The number of nitrogens with one attached hydrogen (secondary N) is 1. The summed E-state index contributed by atoms with van der Waals surface area (Å²) in [7, 11) is 1.64. The maximum atomic E-state index is 12.9. The summed E-state index contributed by atoms with van der Waals surface area (Å²) < 4.78 is 8.05. The van der Waals surface area contributed by atoms with Gasteiger partial charge in [0.15, 0.2) is 0 Å². The topological polar surface area (TPSA) is 60.3 Å². The molecule has 1 aromatic heterocycles. The Hall–Kier alpha value is -2.60. The summed E-state index contributed by atoms with van der Waals surface area (Å²) in [6.07, 6.45) is 0. The van der Waals surface area contributed by atoms with Crippen LogP contribution in [0, 0.1) is 6.92 Å². The van der Waals surface area contributed by atoms with Gasteiger partial charge in [-0.25, -0.2) is 0 Å². The first-order chi connectivity index (χ1) is 12.8. The second-order valence-corrected chi connectivity index (χ2v) is 7.81. The molecule has 5 nitrogen and oxygen atoms in total. The second kappa shape index (κ2) is 7.56. The van der Waals surface area contributed by atoms with Crippen LogP contribution in [0.1, 0.15) is 48.2 Å². The zero-order valence-electron chi connectivity index (χ0n) is 16.3. The predicted molar refractivity (Wildman–Crippen MR) is 112 cm³/mol. The molecule has 0 unspecified atom stereocenters. The molecule has 3 rings (SSSR count). The lowest BCUT2D eigenvalue weighted by atomic mass is 9.96. The first-order valence-electron chi connectivity index (χ1n) is 8.99. The maximum absolute atomic E-state index is 12.9. The minimum Gasteiger partial charge on any atom is -0.496 e. The zero-order valence-corrected chi connectivity index (χ0v) is 17.1. The number of methoxy groups -OCH3 is 1. The Morgan fingerprint density at radius 1 is 1.26 bits per heavy atom. The Morgan fingerprint density at radius 3 is 2.63 bits per heavy atom. The minimum absolute atomic E-state index is 0.0172. The van der Waals surface area contributed by atoms with Gasteiger partial charge in [-0.15, -0.1) is 0 Å². The van der Waals surface area contributed by atoms with Crippen LogP contribution in [0.3, 0.4) is 0 Å². The molecule has 0 atom stereocenters. The highest BCUT2D eigenvalue weighted by Crippen LogP contribution is 2.30. The van der Waals surface area contributed by atoms with Crippen LogP contribution >= 0.6 is 11.3 Å². The fourth-order valence-electron chi connectivity index (χ4n) is 3.21. The first-order valence-corrected chi connectivity index (χ1v) is 9.80. The summed E-state index contributed by atoms with van der Waals surface area (Å²) in [6, 6.07) is 9.38. The molecule has 142 valence electrons. The Morgan fingerprint density at radius 2 is 2.00 bits per heavy atom. The van der Waals surface area contributed by atoms with Gasteiger partial charge in [0.25, 0.3) is 5.91 Å². The van der Waals surface area contributed by atoms with Gasteiger partial charge < -0.3 is 10.1 Å². The van der Waals surface area contributed by atoms with Crippen LogP contribution in [-0.2, 0) is 6.54 Å². The fraction of sp³-hybridized carbons (Fsp3) is 0.333. The number of thiazole rings is 1. The van der Waals surface area contributed by atoms with Crippen molar-refractivity contribution >= 4 is 33.1 Å². The van der Waals surface area contributed by atoms with E-state index in [2.05, 4.69) is 19.2 Å². The molecular formula is C21H24N2O3S. The second-order valence-electron chi connectivity index (χ2n) is 6.81. The maximum Gasteiger partial charge on any atom is 0.308 e. The Labute approximate surface area is 162 Å². The molecule has 2 aromatic carbocycles. The summed E-state index contributed by atoms with van der Waals surface area (Å²) in [5.74, 6) is 0.874. The van der Waals surface area contributed by atoms with Crippen LogP contribution in [-0.4, -0.2) is 17.6 Å². The third-order valence-electron chi connectivity index (χ3n) is 4.69. The highest BCUT2D eigenvalue weighted by atomic mass is 32.1. The van der Waals surface area contributed by atoms with Crippen LogP contribution in [0.2, 0.25) is 0 Å². The number of aromatic nitrogens is 1. The molecule has 1 N–H and O–H groups in total. The third kappa shape index (κ3) is 3.62. The number of fused-ring (bicyclic) bond motifs is 1. The molecule has 3 aromatic rings. The van der Waals surface area contributed by atoms with Crippen molar-refractivity contribution in [3.05, 3.63) is 56.7 Å². The zero-order chi connectivity index (χ0) is 19.7. The minimum atomic E-state index is -0.168. The van der Waals surface area contributed by atoms with Gasteiger partial charge in [0.05, 0.1) is 17.3 Å². The number of rotatable bonds is 5. The molecule has 0 saturated carbocycles. The van der Waals surface area contributed by atoms with Crippen molar-refractivity contribution in [1.82, 2.24) is 4.57 Å². The van der Waals surface area contributed by atoms with Crippen LogP contribution in [0.15, 0.2) is 35.1 Å². The summed E-state index contributed by atoms with van der Waals surface area (Å²) >= 11 is 1.19. The van der Waals surface area contributed by atoms with Crippen molar-refractivity contribution in [2.24, 2.45) is 0 Å². The third-order valence-corrected chi connectivity index (χ3v) is 5.63. The molecule has 0 saturated heterocycles. The largest absolute Gasteiger partial charge is 0.496 e. The lowest BCUT2D eigenvalue weighted by molar-refractivity contribution is 0.102. The Bertz CT molecular complexity index is 1060. The van der Waals surface area contributed by atoms with E-state index in [0.717, 1.165) is 27.1 Å². The molecule has 0 fully saturated rings. The van der Waals surface area contributed by atoms with Crippen LogP contribution in [0.5, 0.6) is 5.75 Å². The Kier molecular flexibility index (Phi) is 5.37. The van der Waals surface area contributed by atoms with Gasteiger partial charge >= 0.3 is 4.87 Å². The van der Waals surface area contributed by atoms with Gasteiger partial charge in [0.2, 0.25) is 0 Å². The number of carbonyl (C=O) groups excluding carboxylic acids is 1. The number of hydrogen-bond donors (Lipinski definition) is 1. The number of amides is 1. The number of carbonyl (C=O) groups is 1. The van der Waals surface area contributed by atoms with Crippen molar-refractivity contribution in [2.75, 3.05) is 12.4 Å². The molecule has 0 bridgehead atoms. The first kappa shape index (κ1) is 19.2. The van der Waals surface area contributed by atoms with E-state index in [1.54, 1.807) is 11.7 Å². The molecule has 0 aliphatic carbocycles. The van der Waals surface area contributed by atoms with Gasteiger partial charge in [0, 0.05) is 17.8 Å². The van der Waals surface area contributed by atoms with Crippen molar-refractivity contribution < 1.29 is 9.53 Å². The molecule has 0 aliphatic heterocycles. The predicted octanol–water partition coefficient (Wildman–Crippen LogP) is 4.78. The van der Waals surface area contributed by atoms with Gasteiger partial charge in [-0.2, -0.15) is 0 Å². The fourth-order valence-corrected chi connectivity index (χ4v) is 4.21. The van der Waals surface area contributed by atoms with Gasteiger partial charge in [-0.1, -0.05) is 25.2 Å². The smallest absolute Gasteiger partial charge is 0.308 e. The van der Waals surface area contributed by atoms with Gasteiger partial charge in [-0.05, 0) is 61.2 Å². The van der Waals surface area contributed by atoms with Crippen molar-refractivity contribution in [1.29, 1.82) is 0 Å². The number of ether oxygens (including phenoxy) is 1. The van der Waals surface area contributed by atoms with E-state index in [0.29, 0.717) is 17.8 Å². The van der Waals surface area contributed by atoms with E-state index in [1.807, 2.05) is 44.2 Å². The van der Waals surface area contributed by atoms with Crippen molar-refractivity contribution in [3.8, 4) is 5.75 Å². The van der Waals surface area contributed by atoms with E-state index < -0.39 is 0 Å². The molecule has 1 heterocycles. The number of nitrogens with zero attached hydrogens (tertiary/aromatic N) is 1. The van der Waals surface area contributed by atoms with E-state index in [1.165, 1.54) is 11.3 Å². The van der Waals surface area contributed by atoms with Gasteiger partial charge in [-0.3, -0.25) is 14.2 Å². The lowest BCUT2D eigenvalue weighted by Gasteiger charge is -2.16. The molecular weight excluding hydrogens is 360 g/mol. The van der Waals surface area contributed by atoms with Crippen LogP contribution in [0.25, 0.3) is 10.2 Å². The highest BCUT2D eigenvalue weighted by Gasteiger charge is 2.16. The number of hydrogen-bond acceptors (Lipinski definition) is 4.